The first kappa shape index (κ1) is 18.6. The van der Waals surface area contributed by atoms with Crippen LogP contribution in [0.15, 0.2) is 42.5 Å². The first-order chi connectivity index (χ1) is 13.0. The normalized spacial score (nSPS) is 13.0. The van der Waals surface area contributed by atoms with E-state index in [0.29, 0.717) is 41.6 Å². The van der Waals surface area contributed by atoms with Gasteiger partial charge in [0, 0.05) is 46.2 Å². The molecule has 2 amide bonds. The minimum Gasteiger partial charge on any atom is -0.460 e. The molecule has 27 heavy (non-hydrogen) atoms. The van der Waals surface area contributed by atoms with Gasteiger partial charge in [0.1, 0.15) is 6.61 Å². The van der Waals surface area contributed by atoms with Gasteiger partial charge in [-0.15, -0.1) is 0 Å². The van der Waals surface area contributed by atoms with E-state index in [0.717, 1.165) is 11.1 Å². The van der Waals surface area contributed by atoms with Gasteiger partial charge in [-0.2, -0.15) is 0 Å². The first-order valence-corrected chi connectivity index (χ1v) is 8.94. The van der Waals surface area contributed by atoms with Crippen LogP contribution in [0, 0.1) is 0 Å². The zero-order chi connectivity index (χ0) is 19.6. The number of rotatable bonds is 7. The van der Waals surface area contributed by atoms with Crippen molar-refractivity contribution in [3.63, 3.8) is 0 Å². The molecule has 0 atom stereocenters. The van der Waals surface area contributed by atoms with E-state index in [-0.39, 0.29) is 18.4 Å². The van der Waals surface area contributed by atoms with Gasteiger partial charge in [-0.25, -0.2) is 4.79 Å². The van der Waals surface area contributed by atoms with Crippen molar-refractivity contribution in [3.8, 4) is 0 Å². The average molecular weight is 366 g/mol. The third-order valence-corrected chi connectivity index (χ3v) is 4.44. The molecule has 1 aliphatic rings. The zero-order valence-electron chi connectivity index (χ0n) is 15.5. The van der Waals surface area contributed by atoms with Gasteiger partial charge in [0.05, 0.1) is 0 Å². The van der Waals surface area contributed by atoms with Crippen LogP contribution in [-0.2, 0) is 9.53 Å². The predicted molar refractivity (Wildman–Crippen MR) is 104 cm³/mol. The molecule has 2 aromatic carbocycles. The molecule has 1 N–H and O–H groups in total. The Kier molecular flexibility index (Phi) is 5.26. The van der Waals surface area contributed by atoms with Crippen molar-refractivity contribution in [1.29, 1.82) is 0 Å². The summed E-state index contributed by atoms with van der Waals surface area (Å²) in [5, 5.41) is 4.68. The highest BCUT2D eigenvalue weighted by atomic mass is 16.5. The second-order valence-corrected chi connectivity index (χ2v) is 6.49. The molecule has 140 valence electrons. The van der Waals surface area contributed by atoms with E-state index in [4.69, 9.17) is 4.74 Å². The Morgan fingerprint density at radius 1 is 1.15 bits per heavy atom. The van der Waals surface area contributed by atoms with Crippen LogP contribution in [0.25, 0.3) is 10.8 Å². The molecule has 0 bridgehead atoms. The maximum atomic E-state index is 12.7. The third kappa shape index (κ3) is 3.43. The highest BCUT2D eigenvalue weighted by Crippen LogP contribution is 2.34. The Labute approximate surface area is 157 Å². The zero-order valence-corrected chi connectivity index (χ0v) is 15.5. The molecule has 0 saturated carbocycles. The number of carbonyl (C=O) groups is 3. The Bertz CT molecular complexity index is 926. The number of benzene rings is 2. The van der Waals surface area contributed by atoms with Crippen molar-refractivity contribution in [2.24, 2.45) is 0 Å². The van der Waals surface area contributed by atoms with Crippen molar-refractivity contribution in [1.82, 2.24) is 4.90 Å². The lowest BCUT2D eigenvalue weighted by atomic mass is 9.93. The maximum absolute atomic E-state index is 12.7. The molecule has 1 aliphatic heterocycles. The first-order valence-electron chi connectivity index (χ1n) is 8.94. The largest absolute Gasteiger partial charge is 0.460 e. The molecular formula is C21H22N2O4. The van der Waals surface area contributed by atoms with Gasteiger partial charge in [-0.05, 0) is 31.5 Å². The summed E-state index contributed by atoms with van der Waals surface area (Å²) >= 11 is 0. The minimum atomic E-state index is -0.430. The van der Waals surface area contributed by atoms with Crippen LogP contribution in [0.5, 0.6) is 0 Å². The summed E-state index contributed by atoms with van der Waals surface area (Å²) in [5.74, 6) is -0.944. The number of hydrogen-bond donors (Lipinski definition) is 1. The van der Waals surface area contributed by atoms with Crippen molar-refractivity contribution in [2.75, 3.05) is 25.0 Å². The molecular weight excluding hydrogens is 344 g/mol. The van der Waals surface area contributed by atoms with Crippen LogP contribution in [0.1, 0.15) is 41.0 Å². The fourth-order valence-electron chi connectivity index (χ4n) is 3.18. The summed E-state index contributed by atoms with van der Waals surface area (Å²) in [5.41, 5.74) is 2.21. The molecule has 6 heteroatoms. The van der Waals surface area contributed by atoms with Gasteiger partial charge in [0.2, 0.25) is 0 Å². The molecule has 0 saturated heterocycles. The summed E-state index contributed by atoms with van der Waals surface area (Å²) in [6, 6.07) is 9.00. The fraction of sp³-hybridized carbons (Fsp3) is 0.286. The fourth-order valence-corrected chi connectivity index (χ4v) is 3.18. The quantitative estimate of drug-likeness (QED) is 0.352. The number of anilines is 1. The highest BCUT2D eigenvalue weighted by Gasteiger charge is 2.32. The van der Waals surface area contributed by atoms with E-state index in [1.807, 2.05) is 25.1 Å². The number of amides is 2. The van der Waals surface area contributed by atoms with Crippen molar-refractivity contribution in [3.05, 3.63) is 53.6 Å². The summed E-state index contributed by atoms with van der Waals surface area (Å²) in [4.78, 5) is 38.2. The van der Waals surface area contributed by atoms with Gasteiger partial charge in [-0.3, -0.25) is 14.5 Å². The van der Waals surface area contributed by atoms with Crippen LogP contribution in [0.3, 0.4) is 0 Å². The molecule has 0 fully saturated rings. The number of nitrogens with zero attached hydrogens (tertiary/aromatic N) is 1. The molecule has 0 aliphatic carbocycles. The number of ether oxygens (including phenoxy) is 1. The number of hydrogen-bond acceptors (Lipinski definition) is 5. The molecule has 2 aromatic rings. The van der Waals surface area contributed by atoms with E-state index in [9.17, 15) is 14.4 Å². The number of carbonyl (C=O) groups excluding carboxylic acids is 3. The van der Waals surface area contributed by atoms with E-state index >= 15 is 0 Å². The predicted octanol–water partition coefficient (Wildman–Crippen LogP) is 3.38. The Hall–Kier alpha value is -3.15. The number of imide groups is 1. The smallest absolute Gasteiger partial charge is 0.333 e. The highest BCUT2D eigenvalue weighted by molar-refractivity contribution is 6.26. The Morgan fingerprint density at radius 3 is 2.52 bits per heavy atom. The second kappa shape index (κ2) is 7.61. The second-order valence-electron chi connectivity index (χ2n) is 6.49. The molecule has 0 spiro atoms. The summed E-state index contributed by atoms with van der Waals surface area (Å²) in [6.07, 6.45) is 0.714. The van der Waals surface area contributed by atoms with Crippen LogP contribution in [-0.4, -0.2) is 42.4 Å². The lowest BCUT2D eigenvalue weighted by Gasteiger charge is -2.27. The van der Waals surface area contributed by atoms with E-state index in [2.05, 4.69) is 11.9 Å². The van der Waals surface area contributed by atoms with Crippen molar-refractivity contribution in [2.45, 2.75) is 20.3 Å². The van der Waals surface area contributed by atoms with Gasteiger partial charge in [0.25, 0.3) is 11.8 Å². The van der Waals surface area contributed by atoms with Gasteiger partial charge in [-0.1, -0.05) is 25.6 Å². The summed E-state index contributed by atoms with van der Waals surface area (Å²) in [7, 11) is 0. The molecule has 0 aromatic heterocycles. The lowest BCUT2D eigenvalue weighted by Crippen LogP contribution is -2.40. The van der Waals surface area contributed by atoms with Crippen molar-refractivity contribution < 1.29 is 19.1 Å². The van der Waals surface area contributed by atoms with Crippen LogP contribution in [0.2, 0.25) is 0 Å². The van der Waals surface area contributed by atoms with Gasteiger partial charge in [0.15, 0.2) is 0 Å². The van der Waals surface area contributed by atoms with E-state index in [1.54, 1.807) is 19.1 Å². The third-order valence-electron chi connectivity index (χ3n) is 4.44. The van der Waals surface area contributed by atoms with Crippen molar-refractivity contribution >= 4 is 34.2 Å². The van der Waals surface area contributed by atoms with Crippen LogP contribution >= 0.6 is 0 Å². The number of esters is 1. The lowest BCUT2D eigenvalue weighted by molar-refractivity contribution is -0.138. The SMILES string of the molecule is C=C(C)C(=O)OCCNc1ccc2c3c(cccc13)C(=O)N(CCC)C2=O. The molecule has 1 heterocycles. The van der Waals surface area contributed by atoms with Crippen LogP contribution in [0.4, 0.5) is 5.69 Å². The average Bonchev–Trinajstić information content (AvgIpc) is 2.66. The van der Waals surface area contributed by atoms with E-state index in [1.165, 1.54) is 4.90 Å². The summed E-state index contributed by atoms with van der Waals surface area (Å²) in [6.45, 7) is 8.07. The molecule has 0 unspecified atom stereocenters. The maximum Gasteiger partial charge on any atom is 0.333 e. The summed E-state index contributed by atoms with van der Waals surface area (Å²) < 4.78 is 5.08. The Morgan fingerprint density at radius 2 is 1.85 bits per heavy atom. The van der Waals surface area contributed by atoms with Crippen LogP contribution < -0.4 is 5.32 Å². The molecule has 3 rings (SSSR count). The number of nitrogens with one attached hydrogen (secondary N) is 1. The monoisotopic (exact) mass is 366 g/mol. The molecule has 6 nitrogen and oxygen atoms in total. The Balaban J connectivity index is 1.88. The molecule has 0 radical (unpaired) electrons. The standard InChI is InChI=1S/C21H22N2O4/c1-4-11-23-19(24)15-7-5-6-14-17(9-8-16(18(14)15)20(23)25)22-10-12-27-21(26)13(2)3/h5-9,22H,2,4,10-12H2,1,3H3. The van der Waals surface area contributed by atoms with Gasteiger partial charge < -0.3 is 10.1 Å². The van der Waals surface area contributed by atoms with Gasteiger partial charge >= 0.3 is 5.97 Å². The topological polar surface area (TPSA) is 75.7 Å². The van der Waals surface area contributed by atoms with E-state index < -0.39 is 5.97 Å². The minimum absolute atomic E-state index is 0.191.